The average Bonchev–Trinajstić information content (AvgIpc) is 3.03. The number of nitrogens with one attached hydrogen (secondary N) is 1. The minimum absolute atomic E-state index is 0. The van der Waals surface area contributed by atoms with Crippen LogP contribution in [0.15, 0.2) is 65.6 Å². The van der Waals surface area contributed by atoms with E-state index < -0.39 is 6.10 Å². The molecule has 45 heavy (non-hydrogen) atoms. The summed E-state index contributed by atoms with van der Waals surface area (Å²) in [6, 6.07) is 20.9. The zero-order valence-corrected chi connectivity index (χ0v) is 27.4. The van der Waals surface area contributed by atoms with Gasteiger partial charge in [-0.15, -0.1) is 11.6 Å². The van der Waals surface area contributed by atoms with E-state index in [1.54, 1.807) is 20.4 Å². The molecule has 233 valence electrons. The molecule has 6 rings (SSSR count). The van der Waals surface area contributed by atoms with Gasteiger partial charge in [0.25, 0.3) is 0 Å². The molecular formula is C34H34ClMnN5O4. The average molecular weight is 667 g/mol. The van der Waals surface area contributed by atoms with Crippen molar-refractivity contribution in [2.75, 3.05) is 20.3 Å². The van der Waals surface area contributed by atoms with Gasteiger partial charge < -0.3 is 29.7 Å². The smallest absolute Gasteiger partial charge is 0.481 e. The molecule has 0 amide bonds. The van der Waals surface area contributed by atoms with Crippen molar-refractivity contribution < 1.29 is 31.6 Å². The Morgan fingerprint density at radius 1 is 1.16 bits per heavy atom. The van der Waals surface area contributed by atoms with E-state index >= 15 is 0 Å². The largest absolute Gasteiger partial charge is 2.00 e. The van der Waals surface area contributed by atoms with Crippen LogP contribution >= 0.6 is 11.6 Å². The monoisotopic (exact) mass is 666 g/mol. The van der Waals surface area contributed by atoms with Crippen molar-refractivity contribution in [3.05, 3.63) is 105 Å². The molecule has 11 heteroatoms. The fraction of sp³-hybridized carbons (Fsp3) is 0.294. The van der Waals surface area contributed by atoms with Gasteiger partial charge in [0, 0.05) is 48.6 Å². The number of aliphatic hydroxyl groups excluding tert-OH is 1. The van der Waals surface area contributed by atoms with Gasteiger partial charge in [-0.2, -0.15) is 34.9 Å². The van der Waals surface area contributed by atoms with E-state index in [0.717, 1.165) is 51.0 Å². The number of nitrogens with zero attached hydrogens (tertiary/aromatic N) is 4. The Kier molecular flexibility index (Phi) is 11.9. The quantitative estimate of drug-likeness (QED) is 0.195. The van der Waals surface area contributed by atoms with Gasteiger partial charge in [-0.1, -0.05) is 66.0 Å². The zero-order valence-electron chi connectivity index (χ0n) is 25.5. The summed E-state index contributed by atoms with van der Waals surface area (Å²) in [7, 11) is 3.22. The molecule has 0 bridgehead atoms. The normalized spacial score (nSPS) is 16.0. The number of methoxy groups -OCH3 is 1. The van der Waals surface area contributed by atoms with Crippen LogP contribution in [0.1, 0.15) is 23.2 Å². The van der Waals surface area contributed by atoms with Crippen LogP contribution in [-0.4, -0.2) is 57.3 Å². The molecule has 2 unspecified atom stereocenters. The van der Waals surface area contributed by atoms with Crippen LogP contribution in [0.5, 0.6) is 5.88 Å². The van der Waals surface area contributed by atoms with Crippen LogP contribution < -0.4 is 15.6 Å². The maximum Gasteiger partial charge on any atom is 2.00 e. The summed E-state index contributed by atoms with van der Waals surface area (Å²) in [5, 5.41) is 19.3. The Labute approximate surface area is 278 Å². The predicted octanol–water partition coefficient (Wildman–Crippen LogP) is 4.86. The van der Waals surface area contributed by atoms with Crippen LogP contribution in [0.25, 0.3) is 33.2 Å². The topological polar surface area (TPSA) is 111 Å². The second-order valence-electron chi connectivity index (χ2n) is 10.6. The summed E-state index contributed by atoms with van der Waals surface area (Å²) in [6.07, 6.45) is 4.61. The summed E-state index contributed by atoms with van der Waals surface area (Å²) >= 11 is 6.82. The summed E-state index contributed by atoms with van der Waals surface area (Å²) in [5.41, 5.74) is 6.24. The number of aromatic nitrogens is 4. The molecule has 0 spiro atoms. The molecule has 0 saturated carbocycles. The molecule has 4 heterocycles. The summed E-state index contributed by atoms with van der Waals surface area (Å²) in [4.78, 5) is 20.1. The number of fused-ring (bicyclic) bond motifs is 1. The van der Waals surface area contributed by atoms with Gasteiger partial charge in [-0.3, -0.25) is 4.68 Å². The molecule has 2 atom stereocenters. The SMILES string of the molecule is COc1nc(-c2cccc(-c3ccc[c-]c3C)c2Cl)ccc1CNC1CCOCC1O.Cc1cc2cnn(C)c(=O)c2[c-]n1.[Mn+2]. The van der Waals surface area contributed by atoms with Crippen molar-refractivity contribution in [2.45, 2.75) is 39.0 Å². The third kappa shape index (κ3) is 7.97. The fourth-order valence-electron chi connectivity index (χ4n) is 5.06. The van der Waals surface area contributed by atoms with Crippen molar-refractivity contribution in [3.63, 3.8) is 0 Å². The summed E-state index contributed by atoms with van der Waals surface area (Å²) in [5.74, 6) is 0.539. The van der Waals surface area contributed by atoms with Crippen molar-refractivity contribution in [1.29, 1.82) is 0 Å². The Bertz CT molecular complexity index is 1830. The summed E-state index contributed by atoms with van der Waals surface area (Å²) < 4.78 is 12.1. The van der Waals surface area contributed by atoms with Crippen molar-refractivity contribution in [2.24, 2.45) is 7.05 Å². The van der Waals surface area contributed by atoms with Crippen molar-refractivity contribution in [1.82, 2.24) is 25.1 Å². The first kappa shape index (κ1) is 34.2. The third-order valence-electron chi connectivity index (χ3n) is 7.52. The van der Waals surface area contributed by atoms with Gasteiger partial charge >= 0.3 is 17.1 Å². The maximum atomic E-state index is 11.5. The third-order valence-corrected chi connectivity index (χ3v) is 7.92. The molecule has 1 aliphatic heterocycles. The van der Waals surface area contributed by atoms with Crippen molar-refractivity contribution in [3.8, 4) is 28.3 Å². The Hall–Kier alpha value is -3.63. The number of aliphatic hydroxyl groups is 1. The van der Waals surface area contributed by atoms with Crippen molar-refractivity contribution >= 4 is 22.4 Å². The van der Waals surface area contributed by atoms with Gasteiger partial charge in [0.1, 0.15) is 0 Å². The van der Waals surface area contributed by atoms with E-state index in [1.807, 2.05) is 68.4 Å². The molecule has 2 aromatic carbocycles. The number of benzene rings is 2. The van der Waals surface area contributed by atoms with Gasteiger partial charge in [0.2, 0.25) is 5.88 Å². The van der Waals surface area contributed by atoms with Crippen LogP contribution in [0.4, 0.5) is 0 Å². The first-order valence-electron chi connectivity index (χ1n) is 14.3. The van der Waals surface area contributed by atoms with E-state index in [2.05, 4.69) is 27.7 Å². The van der Waals surface area contributed by atoms with Crippen LogP contribution in [0, 0.1) is 26.1 Å². The molecular weight excluding hydrogens is 633 g/mol. The first-order valence-corrected chi connectivity index (χ1v) is 14.7. The summed E-state index contributed by atoms with van der Waals surface area (Å²) in [6.45, 7) is 5.44. The number of pyridine rings is 2. The van der Waals surface area contributed by atoms with Gasteiger partial charge in [0.05, 0.1) is 25.5 Å². The van der Waals surface area contributed by atoms with E-state index in [-0.39, 0.29) is 28.7 Å². The molecule has 2 N–H and O–H groups in total. The Morgan fingerprint density at radius 2 is 1.93 bits per heavy atom. The minimum Gasteiger partial charge on any atom is -0.481 e. The number of ether oxygens (including phenoxy) is 2. The van der Waals surface area contributed by atoms with E-state index in [0.29, 0.717) is 36.0 Å². The number of hydrogen-bond acceptors (Lipinski definition) is 8. The molecule has 1 saturated heterocycles. The molecule has 9 nitrogen and oxygen atoms in total. The van der Waals surface area contributed by atoms with Gasteiger partial charge in [-0.25, -0.2) is 4.98 Å². The molecule has 1 radical (unpaired) electrons. The Morgan fingerprint density at radius 3 is 2.69 bits per heavy atom. The maximum absolute atomic E-state index is 11.5. The molecule has 0 aliphatic carbocycles. The molecule has 1 fully saturated rings. The number of rotatable bonds is 6. The first-order chi connectivity index (χ1) is 21.3. The molecule has 5 aromatic rings. The molecule has 3 aromatic heterocycles. The number of aryl methyl sites for hydroxylation is 3. The predicted molar refractivity (Wildman–Crippen MR) is 171 cm³/mol. The Balaban J connectivity index is 0.000000275. The second-order valence-corrected chi connectivity index (χ2v) is 11.0. The standard InChI is InChI=1S/C25H26ClN2O3.C9H8N3O.Mn/c1-16-6-3-4-7-18(16)19-8-5-9-20(24(19)26)21-11-10-17(25(28-21)30-2)14-27-22-12-13-31-15-23(22)29;1-6-3-7-4-11-12(2)9(13)8(7)5-10-6;/h3-5,7-11,22-23,27,29H,12-15H2,1-2H3;3-4H,1-2H3;/q2*-1;+2. The van der Waals surface area contributed by atoms with E-state index in [9.17, 15) is 9.90 Å². The fourth-order valence-corrected chi connectivity index (χ4v) is 5.38. The van der Waals surface area contributed by atoms with E-state index in [4.69, 9.17) is 26.1 Å². The zero-order chi connectivity index (χ0) is 31.2. The van der Waals surface area contributed by atoms with Gasteiger partial charge in [-0.05, 0) is 24.4 Å². The number of halogens is 1. The van der Waals surface area contributed by atoms with Crippen LogP contribution in [-0.2, 0) is 35.4 Å². The van der Waals surface area contributed by atoms with E-state index in [1.165, 1.54) is 4.68 Å². The van der Waals surface area contributed by atoms with Crippen LogP contribution in [0.3, 0.4) is 0 Å². The van der Waals surface area contributed by atoms with Gasteiger partial charge in [0.15, 0.2) is 5.56 Å². The minimum atomic E-state index is -0.507. The second kappa shape index (κ2) is 15.6. The molecule has 1 aliphatic rings. The van der Waals surface area contributed by atoms with Crippen LogP contribution in [0.2, 0.25) is 5.02 Å². The number of hydrogen-bond donors (Lipinski definition) is 2.